The van der Waals surface area contributed by atoms with Crippen LogP contribution in [0.3, 0.4) is 0 Å². The zero-order valence-corrected chi connectivity index (χ0v) is 12.1. The fourth-order valence-electron chi connectivity index (χ4n) is 2.24. The molecule has 0 radical (unpaired) electrons. The molecular weight excluding hydrogens is 294 g/mol. The summed E-state index contributed by atoms with van der Waals surface area (Å²) in [6, 6.07) is 8.23. The normalized spacial score (nSPS) is 12.8. The Morgan fingerprint density at radius 1 is 1.44 bits per heavy atom. The molecule has 1 N–H and O–H groups in total. The Kier molecular flexibility index (Phi) is 3.76. The second-order valence-electron chi connectivity index (χ2n) is 4.53. The van der Waals surface area contributed by atoms with Crippen molar-refractivity contribution in [3.8, 4) is 0 Å². The second-order valence-corrected chi connectivity index (χ2v) is 5.44. The standard InChI is InChI=1S/C14H16BrNO2/c1-3-16-12(6-9(2)14(17)18)8-10-7-11(15)4-5-13(10)16/h4-5,7-9H,3,6H2,1-2H3,(H,17,18). The number of carboxylic acid groups (broad SMARTS) is 1. The van der Waals surface area contributed by atoms with E-state index < -0.39 is 5.97 Å². The Labute approximate surface area is 115 Å². The molecule has 2 rings (SSSR count). The molecule has 0 aliphatic rings. The van der Waals surface area contributed by atoms with Crippen molar-refractivity contribution in [1.29, 1.82) is 0 Å². The summed E-state index contributed by atoms with van der Waals surface area (Å²) >= 11 is 3.46. The van der Waals surface area contributed by atoms with Gasteiger partial charge < -0.3 is 9.67 Å². The summed E-state index contributed by atoms with van der Waals surface area (Å²) in [4.78, 5) is 11.0. The van der Waals surface area contributed by atoms with Gasteiger partial charge >= 0.3 is 5.97 Å². The third-order valence-corrected chi connectivity index (χ3v) is 3.70. The molecule has 4 heteroatoms. The first-order chi connectivity index (χ1) is 8.52. The predicted molar refractivity (Wildman–Crippen MR) is 75.8 cm³/mol. The number of halogens is 1. The van der Waals surface area contributed by atoms with Crippen LogP contribution in [0.5, 0.6) is 0 Å². The highest BCUT2D eigenvalue weighted by atomic mass is 79.9. The topological polar surface area (TPSA) is 42.2 Å². The van der Waals surface area contributed by atoms with Gasteiger partial charge in [0.15, 0.2) is 0 Å². The lowest BCUT2D eigenvalue weighted by Gasteiger charge is -2.10. The van der Waals surface area contributed by atoms with Gasteiger partial charge in [0.05, 0.1) is 5.92 Å². The molecule has 1 aromatic heterocycles. The molecule has 1 unspecified atom stereocenters. The van der Waals surface area contributed by atoms with Gasteiger partial charge in [0.1, 0.15) is 0 Å². The van der Waals surface area contributed by atoms with Gasteiger partial charge in [-0.2, -0.15) is 0 Å². The average molecular weight is 310 g/mol. The van der Waals surface area contributed by atoms with Gasteiger partial charge in [-0.1, -0.05) is 22.9 Å². The Bertz CT molecular complexity index is 589. The first-order valence-corrected chi connectivity index (χ1v) is 6.82. The highest BCUT2D eigenvalue weighted by Crippen LogP contribution is 2.25. The number of fused-ring (bicyclic) bond motifs is 1. The monoisotopic (exact) mass is 309 g/mol. The highest BCUT2D eigenvalue weighted by Gasteiger charge is 2.15. The second kappa shape index (κ2) is 5.14. The van der Waals surface area contributed by atoms with Gasteiger partial charge in [-0.15, -0.1) is 0 Å². The minimum Gasteiger partial charge on any atom is -0.481 e. The Morgan fingerprint density at radius 2 is 2.17 bits per heavy atom. The number of hydrogen-bond donors (Lipinski definition) is 1. The van der Waals surface area contributed by atoms with E-state index in [-0.39, 0.29) is 5.92 Å². The van der Waals surface area contributed by atoms with E-state index in [0.717, 1.165) is 27.6 Å². The summed E-state index contributed by atoms with van der Waals surface area (Å²) in [6.07, 6.45) is 0.565. The summed E-state index contributed by atoms with van der Waals surface area (Å²) in [5.74, 6) is -1.10. The molecule has 0 saturated heterocycles. The van der Waals surface area contributed by atoms with Gasteiger partial charge in [-0.3, -0.25) is 4.79 Å². The molecule has 0 bridgehead atoms. The van der Waals surface area contributed by atoms with Crippen molar-refractivity contribution in [2.75, 3.05) is 0 Å². The minimum atomic E-state index is -0.746. The predicted octanol–water partition coefficient (Wildman–Crippen LogP) is 3.69. The lowest BCUT2D eigenvalue weighted by molar-refractivity contribution is -0.141. The molecule has 0 fully saturated rings. The van der Waals surface area contributed by atoms with Crippen LogP contribution in [0.15, 0.2) is 28.7 Å². The van der Waals surface area contributed by atoms with E-state index in [1.54, 1.807) is 6.92 Å². The highest BCUT2D eigenvalue weighted by molar-refractivity contribution is 9.10. The van der Waals surface area contributed by atoms with Crippen LogP contribution in [0, 0.1) is 5.92 Å². The maximum Gasteiger partial charge on any atom is 0.306 e. The van der Waals surface area contributed by atoms with E-state index in [2.05, 4.69) is 45.6 Å². The summed E-state index contributed by atoms with van der Waals surface area (Å²) in [5.41, 5.74) is 2.24. The molecule has 0 spiro atoms. The molecule has 0 aliphatic heterocycles. The molecule has 0 aliphatic carbocycles. The number of carboxylic acids is 1. The maximum atomic E-state index is 11.0. The number of rotatable bonds is 4. The number of aryl methyl sites for hydroxylation is 1. The zero-order valence-electron chi connectivity index (χ0n) is 10.5. The van der Waals surface area contributed by atoms with E-state index in [4.69, 9.17) is 5.11 Å². The van der Waals surface area contributed by atoms with Crippen molar-refractivity contribution in [3.63, 3.8) is 0 Å². The quantitative estimate of drug-likeness (QED) is 0.936. The van der Waals surface area contributed by atoms with E-state index in [1.807, 2.05) is 6.07 Å². The first-order valence-electron chi connectivity index (χ1n) is 6.03. The smallest absolute Gasteiger partial charge is 0.306 e. The van der Waals surface area contributed by atoms with Crippen molar-refractivity contribution >= 4 is 32.8 Å². The maximum absolute atomic E-state index is 11.0. The third-order valence-electron chi connectivity index (χ3n) is 3.20. The largest absolute Gasteiger partial charge is 0.481 e. The third kappa shape index (κ3) is 2.43. The van der Waals surface area contributed by atoms with E-state index >= 15 is 0 Å². The van der Waals surface area contributed by atoms with Crippen molar-refractivity contribution in [2.45, 2.75) is 26.8 Å². The van der Waals surface area contributed by atoms with Crippen LogP contribution in [0.1, 0.15) is 19.5 Å². The van der Waals surface area contributed by atoms with Crippen LogP contribution >= 0.6 is 15.9 Å². The fourth-order valence-corrected chi connectivity index (χ4v) is 2.62. The molecule has 0 amide bonds. The Balaban J connectivity index is 2.47. The van der Waals surface area contributed by atoms with Gasteiger partial charge in [-0.25, -0.2) is 0 Å². The van der Waals surface area contributed by atoms with Crippen molar-refractivity contribution < 1.29 is 9.90 Å². The molecule has 1 heterocycles. The summed E-state index contributed by atoms with van der Waals surface area (Å²) < 4.78 is 3.22. The molecular formula is C14H16BrNO2. The van der Waals surface area contributed by atoms with Crippen LogP contribution in [0.25, 0.3) is 10.9 Å². The molecule has 0 saturated carbocycles. The number of hydrogen-bond acceptors (Lipinski definition) is 1. The van der Waals surface area contributed by atoms with E-state index in [1.165, 1.54) is 0 Å². The van der Waals surface area contributed by atoms with Crippen LogP contribution < -0.4 is 0 Å². The van der Waals surface area contributed by atoms with Crippen LogP contribution in [0.2, 0.25) is 0 Å². The van der Waals surface area contributed by atoms with Crippen LogP contribution in [-0.4, -0.2) is 15.6 Å². The zero-order chi connectivity index (χ0) is 13.3. The number of benzene rings is 1. The first kappa shape index (κ1) is 13.1. The SMILES string of the molecule is CCn1c(CC(C)C(=O)O)cc2cc(Br)ccc21. The fraction of sp³-hybridized carbons (Fsp3) is 0.357. The van der Waals surface area contributed by atoms with Crippen molar-refractivity contribution in [2.24, 2.45) is 5.92 Å². The molecule has 3 nitrogen and oxygen atoms in total. The van der Waals surface area contributed by atoms with Crippen molar-refractivity contribution in [1.82, 2.24) is 4.57 Å². The molecule has 1 atom stereocenters. The van der Waals surface area contributed by atoms with Crippen LogP contribution in [-0.2, 0) is 17.8 Å². The summed E-state index contributed by atoms with van der Waals surface area (Å²) in [7, 11) is 0. The number of carbonyl (C=O) groups is 1. The molecule has 1 aromatic carbocycles. The van der Waals surface area contributed by atoms with E-state index in [9.17, 15) is 4.79 Å². The summed E-state index contributed by atoms with van der Waals surface area (Å²) in [6.45, 7) is 4.68. The van der Waals surface area contributed by atoms with Gasteiger partial charge in [0, 0.05) is 34.0 Å². The molecule has 18 heavy (non-hydrogen) atoms. The number of aliphatic carboxylic acids is 1. The molecule has 96 valence electrons. The Morgan fingerprint density at radius 3 is 2.78 bits per heavy atom. The lowest BCUT2D eigenvalue weighted by Crippen LogP contribution is -2.14. The lowest BCUT2D eigenvalue weighted by atomic mass is 10.1. The summed E-state index contributed by atoms with van der Waals surface area (Å²) in [5, 5.41) is 10.2. The average Bonchev–Trinajstić information content (AvgIpc) is 2.64. The van der Waals surface area contributed by atoms with Gasteiger partial charge in [0.25, 0.3) is 0 Å². The molecule has 2 aromatic rings. The number of nitrogens with zero attached hydrogens (tertiary/aromatic N) is 1. The van der Waals surface area contributed by atoms with Gasteiger partial charge in [-0.05, 0) is 31.2 Å². The Hall–Kier alpha value is -1.29. The van der Waals surface area contributed by atoms with Crippen LogP contribution in [0.4, 0.5) is 0 Å². The minimum absolute atomic E-state index is 0.358. The van der Waals surface area contributed by atoms with Crippen molar-refractivity contribution in [3.05, 3.63) is 34.4 Å². The number of aromatic nitrogens is 1. The van der Waals surface area contributed by atoms with E-state index in [0.29, 0.717) is 6.42 Å². The van der Waals surface area contributed by atoms with Gasteiger partial charge in [0.2, 0.25) is 0 Å².